The molecular weight excluding hydrogens is 236 g/mol. The zero-order chi connectivity index (χ0) is 12.4. The third-order valence-corrected chi connectivity index (χ3v) is 3.71. The molecule has 0 aliphatic carbocycles. The molecule has 3 heteroatoms. The lowest BCUT2D eigenvalue weighted by molar-refractivity contribution is -0.123. The van der Waals surface area contributed by atoms with Crippen molar-refractivity contribution in [2.24, 2.45) is 5.92 Å². The maximum absolute atomic E-state index is 12.1. The maximum atomic E-state index is 12.1. The molecule has 1 aromatic rings. The monoisotopic (exact) mass is 252 g/mol. The fraction of sp³-hybridized carbons (Fsp3) is 0.500. The molecule has 2 nitrogen and oxygen atoms in total. The highest BCUT2D eigenvalue weighted by atomic mass is 35.5. The summed E-state index contributed by atoms with van der Waals surface area (Å²) in [5.41, 5.74) is 2.03. The molecule has 1 heterocycles. The van der Waals surface area contributed by atoms with Gasteiger partial charge in [0.1, 0.15) is 5.78 Å². The number of hydrogen-bond acceptors (Lipinski definition) is 2. The highest BCUT2D eigenvalue weighted by Crippen LogP contribution is 2.25. The number of benzene rings is 1. The van der Waals surface area contributed by atoms with E-state index in [2.05, 4.69) is 0 Å². The van der Waals surface area contributed by atoms with E-state index in [1.165, 1.54) is 0 Å². The Balaban J connectivity index is 2.07. The van der Waals surface area contributed by atoms with E-state index in [-0.39, 0.29) is 17.8 Å². The van der Waals surface area contributed by atoms with E-state index in [0.29, 0.717) is 18.1 Å². The van der Waals surface area contributed by atoms with Crippen molar-refractivity contribution in [1.82, 2.24) is 0 Å². The molecule has 1 aromatic carbocycles. The largest absolute Gasteiger partial charge is 0.378 e. The van der Waals surface area contributed by atoms with Gasteiger partial charge in [-0.1, -0.05) is 23.7 Å². The lowest BCUT2D eigenvalue weighted by Crippen LogP contribution is -2.23. The molecule has 0 radical (unpaired) electrons. The number of ketones is 1. The molecule has 1 aliphatic heterocycles. The molecule has 0 saturated carbocycles. The summed E-state index contributed by atoms with van der Waals surface area (Å²) in [5.74, 6) is 0.271. The Morgan fingerprint density at radius 3 is 2.88 bits per heavy atom. The van der Waals surface area contributed by atoms with Gasteiger partial charge in [0.05, 0.1) is 6.10 Å². The number of halogens is 1. The smallest absolute Gasteiger partial charge is 0.143 e. The van der Waals surface area contributed by atoms with Crippen LogP contribution in [0, 0.1) is 12.8 Å². The highest BCUT2D eigenvalue weighted by Gasteiger charge is 2.30. The van der Waals surface area contributed by atoms with Crippen LogP contribution in [0.2, 0.25) is 5.02 Å². The van der Waals surface area contributed by atoms with E-state index in [9.17, 15) is 4.79 Å². The molecule has 0 amide bonds. The van der Waals surface area contributed by atoms with Gasteiger partial charge in [0.25, 0.3) is 0 Å². The van der Waals surface area contributed by atoms with Crippen LogP contribution < -0.4 is 0 Å². The first-order chi connectivity index (χ1) is 8.08. The summed E-state index contributed by atoms with van der Waals surface area (Å²) < 4.78 is 5.42. The molecule has 92 valence electrons. The lowest BCUT2D eigenvalue weighted by Gasteiger charge is -2.13. The summed E-state index contributed by atoms with van der Waals surface area (Å²) in [5, 5.41) is 0.685. The third kappa shape index (κ3) is 2.88. The van der Waals surface area contributed by atoms with E-state index < -0.39 is 0 Å². The third-order valence-electron chi connectivity index (χ3n) is 3.36. The van der Waals surface area contributed by atoms with Crippen LogP contribution in [-0.2, 0) is 16.0 Å². The highest BCUT2D eigenvalue weighted by molar-refractivity contribution is 6.31. The summed E-state index contributed by atoms with van der Waals surface area (Å²) in [6, 6.07) is 5.83. The Hall–Kier alpha value is -0.860. The predicted molar refractivity (Wildman–Crippen MR) is 68.4 cm³/mol. The Morgan fingerprint density at radius 2 is 2.29 bits per heavy atom. The first-order valence-electron chi connectivity index (χ1n) is 5.97. The van der Waals surface area contributed by atoms with Gasteiger partial charge in [-0.05, 0) is 37.5 Å². The van der Waals surface area contributed by atoms with Crippen LogP contribution in [-0.4, -0.2) is 18.5 Å². The normalized spacial score (nSPS) is 23.9. The summed E-state index contributed by atoms with van der Waals surface area (Å²) in [7, 11) is 0. The van der Waals surface area contributed by atoms with E-state index in [1.807, 2.05) is 32.0 Å². The van der Waals surface area contributed by atoms with E-state index in [1.54, 1.807) is 0 Å². The van der Waals surface area contributed by atoms with Gasteiger partial charge in [0, 0.05) is 24.0 Å². The van der Waals surface area contributed by atoms with Crippen LogP contribution in [0.5, 0.6) is 0 Å². The predicted octanol–water partition coefficient (Wildman–Crippen LogP) is 3.19. The number of hydrogen-bond donors (Lipinski definition) is 0. The maximum Gasteiger partial charge on any atom is 0.143 e. The van der Waals surface area contributed by atoms with E-state index in [4.69, 9.17) is 16.3 Å². The molecule has 1 fully saturated rings. The van der Waals surface area contributed by atoms with Crippen molar-refractivity contribution in [2.75, 3.05) is 6.61 Å². The van der Waals surface area contributed by atoms with Crippen molar-refractivity contribution in [1.29, 1.82) is 0 Å². The van der Waals surface area contributed by atoms with Crippen LogP contribution in [0.1, 0.15) is 24.5 Å². The van der Waals surface area contributed by atoms with Gasteiger partial charge in [-0.15, -0.1) is 0 Å². The van der Waals surface area contributed by atoms with Crippen molar-refractivity contribution in [3.8, 4) is 0 Å². The van der Waals surface area contributed by atoms with Crippen LogP contribution in [0.25, 0.3) is 0 Å². The molecule has 0 spiro atoms. The van der Waals surface area contributed by atoms with Crippen LogP contribution in [0.15, 0.2) is 18.2 Å². The standard InChI is InChI=1S/C14H17ClO2/c1-9-3-4-11(13(15)7-9)8-14(16)12-5-6-17-10(12)2/h3-4,7,10,12H,5-6,8H2,1-2H3. The second-order valence-electron chi connectivity index (χ2n) is 4.71. The Kier molecular flexibility index (Phi) is 3.85. The van der Waals surface area contributed by atoms with Gasteiger partial charge in [-0.3, -0.25) is 4.79 Å². The van der Waals surface area contributed by atoms with E-state index >= 15 is 0 Å². The summed E-state index contributed by atoms with van der Waals surface area (Å²) in [6.07, 6.45) is 1.30. The Labute approximate surface area is 107 Å². The number of carbonyl (C=O) groups excluding carboxylic acids is 1. The molecule has 0 aromatic heterocycles. The Bertz CT molecular complexity index is 428. The van der Waals surface area contributed by atoms with Crippen molar-refractivity contribution < 1.29 is 9.53 Å². The zero-order valence-electron chi connectivity index (χ0n) is 10.2. The molecule has 1 aliphatic rings. The van der Waals surface area contributed by atoms with Crippen molar-refractivity contribution in [3.63, 3.8) is 0 Å². The topological polar surface area (TPSA) is 26.3 Å². The number of Topliss-reactive ketones (excluding diaryl/α,β-unsaturated/α-hetero) is 1. The lowest BCUT2D eigenvalue weighted by atomic mass is 9.92. The zero-order valence-corrected chi connectivity index (χ0v) is 11.0. The number of carbonyl (C=O) groups is 1. The first-order valence-corrected chi connectivity index (χ1v) is 6.35. The number of aryl methyl sites for hydroxylation is 1. The molecular formula is C14H17ClO2. The second-order valence-corrected chi connectivity index (χ2v) is 5.12. The molecule has 2 unspecified atom stereocenters. The minimum absolute atomic E-state index is 0.0346. The first kappa shape index (κ1) is 12.6. The minimum Gasteiger partial charge on any atom is -0.378 e. The fourth-order valence-corrected chi connectivity index (χ4v) is 2.57. The van der Waals surface area contributed by atoms with Gasteiger partial charge < -0.3 is 4.74 Å². The summed E-state index contributed by atoms with van der Waals surface area (Å²) >= 11 is 6.13. The van der Waals surface area contributed by atoms with Crippen LogP contribution in [0.4, 0.5) is 0 Å². The minimum atomic E-state index is 0.0346. The van der Waals surface area contributed by atoms with Crippen LogP contribution in [0.3, 0.4) is 0 Å². The SMILES string of the molecule is Cc1ccc(CC(=O)C2CCOC2C)c(Cl)c1. The Morgan fingerprint density at radius 1 is 1.53 bits per heavy atom. The summed E-state index contributed by atoms with van der Waals surface area (Å²) in [4.78, 5) is 12.1. The molecule has 2 rings (SSSR count). The molecule has 0 bridgehead atoms. The van der Waals surface area contributed by atoms with E-state index in [0.717, 1.165) is 17.5 Å². The number of rotatable bonds is 3. The summed E-state index contributed by atoms with van der Waals surface area (Å²) in [6.45, 7) is 4.65. The van der Waals surface area contributed by atoms with Crippen molar-refractivity contribution >= 4 is 17.4 Å². The van der Waals surface area contributed by atoms with Crippen LogP contribution >= 0.6 is 11.6 Å². The number of ether oxygens (including phenoxy) is 1. The molecule has 0 N–H and O–H groups in total. The molecule has 17 heavy (non-hydrogen) atoms. The molecule has 2 atom stereocenters. The van der Waals surface area contributed by atoms with Crippen molar-refractivity contribution in [2.45, 2.75) is 32.8 Å². The average Bonchev–Trinajstić information content (AvgIpc) is 2.68. The van der Waals surface area contributed by atoms with Gasteiger partial charge in [-0.2, -0.15) is 0 Å². The quantitative estimate of drug-likeness (QED) is 0.826. The average molecular weight is 253 g/mol. The fourth-order valence-electron chi connectivity index (χ4n) is 2.27. The van der Waals surface area contributed by atoms with Crippen molar-refractivity contribution in [3.05, 3.63) is 34.3 Å². The van der Waals surface area contributed by atoms with Gasteiger partial charge >= 0.3 is 0 Å². The van der Waals surface area contributed by atoms with Gasteiger partial charge in [-0.25, -0.2) is 0 Å². The van der Waals surface area contributed by atoms with Gasteiger partial charge in [0.2, 0.25) is 0 Å². The van der Waals surface area contributed by atoms with Gasteiger partial charge in [0.15, 0.2) is 0 Å². The second kappa shape index (κ2) is 5.19. The molecule has 1 saturated heterocycles.